The van der Waals surface area contributed by atoms with Gasteiger partial charge in [-0.05, 0) is 107 Å². The van der Waals surface area contributed by atoms with E-state index in [1.807, 2.05) is 12.1 Å². The molecule has 0 radical (unpaired) electrons. The predicted molar refractivity (Wildman–Crippen MR) is 257 cm³/mol. The lowest BCUT2D eigenvalue weighted by Gasteiger charge is -2.24. The topological polar surface area (TPSA) is 34.0 Å². The summed E-state index contributed by atoms with van der Waals surface area (Å²) in [6.45, 7) is 0. The molecule has 0 bridgehead atoms. The van der Waals surface area contributed by atoms with Crippen LogP contribution in [0.15, 0.2) is 230 Å². The molecule has 0 fully saturated rings. The van der Waals surface area contributed by atoms with E-state index in [-0.39, 0.29) is 5.92 Å². The highest BCUT2D eigenvalue weighted by molar-refractivity contribution is 6.10. The summed E-state index contributed by atoms with van der Waals surface area (Å²) in [5.74, 6) is 0.991. The van der Waals surface area contributed by atoms with Crippen LogP contribution in [0.1, 0.15) is 17.9 Å². The van der Waals surface area contributed by atoms with E-state index in [1.165, 1.54) is 66.8 Å². The van der Waals surface area contributed by atoms with Gasteiger partial charge in [0, 0.05) is 56.1 Å². The number of rotatable bonds is 7. The Morgan fingerprint density at radius 3 is 1.77 bits per heavy atom. The highest BCUT2D eigenvalue weighted by Gasteiger charge is 2.35. The third-order valence-corrected chi connectivity index (χ3v) is 12.5. The fourth-order valence-electron chi connectivity index (χ4n) is 9.52. The van der Waals surface area contributed by atoms with E-state index >= 15 is 0 Å². The maximum atomic E-state index is 5.12. The number of hydrogen-bond acceptors (Lipinski definition) is 3. The van der Waals surface area contributed by atoms with Gasteiger partial charge in [-0.3, -0.25) is 0 Å². The lowest BCUT2D eigenvalue weighted by molar-refractivity contribution is 0.820. The molecule has 0 amide bonds. The lowest BCUT2D eigenvalue weighted by atomic mass is 9.90. The minimum atomic E-state index is 0.279. The molecular formula is C58H40N4. The third kappa shape index (κ3) is 6.15. The first-order valence-corrected chi connectivity index (χ1v) is 21.3. The van der Waals surface area contributed by atoms with E-state index in [1.54, 1.807) is 0 Å². The maximum Gasteiger partial charge on any atom is 0.160 e. The van der Waals surface area contributed by atoms with Gasteiger partial charge in [0.25, 0.3) is 0 Å². The van der Waals surface area contributed by atoms with Crippen molar-refractivity contribution in [1.29, 1.82) is 0 Å². The Morgan fingerprint density at radius 2 is 1.02 bits per heavy atom. The Hall–Kier alpha value is -8.08. The van der Waals surface area contributed by atoms with E-state index in [4.69, 9.17) is 9.97 Å². The number of hydrogen-bond donors (Lipinski definition) is 0. The van der Waals surface area contributed by atoms with Crippen molar-refractivity contribution >= 4 is 33.2 Å². The number of nitrogens with zero attached hydrogens (tertiary/aromatic N) is 4. The van der Waals surface area contributed by atoms with E-state index in [9.17, 15) is 0 Å². The van der Waals surface area contributed by atoms with Crippen molar-refractivity contribution in [2.45, 2.75) is 12.3 Å². The van der Waals surface area contributed by atoms with Crippen LogP contribution in [0, 0.1) is 0 Å². The number of para-hydroxylation sites is 2. The quantitative estimate of drug-likeness (QED) is 0.161. The molecule has 3 heterocycles. The van der Waals surface area contributed by atoms with Crippen molar-refractivity contribution in [2.24, 2.45) is 0 Å². The molecule has 2 aromatic heterocycles. The van der Waals surface area contributed by atoms with Gasteiger partial charge in [0.15, 0.2) is 5.82 Å². The zero-order chi connectivity index (χ0) is 41.0. The van der Waals surface area contributed by atoms with E-state index in [2.05, 4.69) is 222 Å². The molecule has 2 aliphatic rings. The number of anilines is 2. The van der Waals surface area contributed by atoms with Gasteiger partial charge in [-0.25, -0.2) is 9.97 Å². The molecule has 0 saturated carbocycles. The molecule has 10 aromatic rings. The Kier molecular flexibility index (Phi) is 8.60. The van der Waals surface area contributed by atoms with Crippen molar-refractivity contribution in [3.8, 4) is 61.8 Å². The van der Waals surface area contributed by atoms with Crippen LogP contribution in [0.2, 0.25) is 0 Å². The fraction of sp³-hybridized carbons (Fsp3) is 0.0345. The third-order valence-electron chi connectivity index (χ3n) is 12.5. The summed E-state index contributed by atoms with van der Waals surface area (Å²) in [6.07, 6.45) is 7.76. The standard InChI is InChI=1S/C58H40N4/c1-4-15-40(16-5-1)52-38-53(41-17-6-2-7-18-41)60-58(59-52)45-20-14-19-42(35-45)44-30-34-57-51(37-44)49-24-11-13-26-55(49)62(57)47-31-27-39(28-32-47)43-29-33-56-50(36-43)48-23-10-12-25-54(48)61(56)46-21-8-3-9-22-46/h1-23,25-38,49H,24H2. The van der Waals surface area contributed by atoms with Crippen LogP contribution >= 0.6 is 0 Å². The van der Waals surface area contributed by atoms with Crippen LogP contribution in [0.3, 0.4) is 0 Å². The molecule has 0 saturated heterocycles. The van der Waals surface area contributed by atoms with Gasteiger partial charge in [0.2, 0.25) is 0 Å². The monoisotopic (exact) mass is 792 g/mol. The second kappa shape index (κ2) is 14.9. The van der Waals surface area contributed by atoms with Crippen LogP contribution in [-0.2, 0) is 0 Å². The summed E-state index contributed by atoms with van der Waals surface area (Å²) >= 11 is 0. The summed E-state index contributed by atoms with van der Waals surface area (Å²) in [7, 11) is 0. The average molecular weight is 793 g/mol. The predicted octanol–water partition coefficient (Wildman–Crippen LogP) is 15.0. The van der Waals surface area contributed by atoms with Gasteiger partial charge >= 0.3 is 0 Å². The molecule has 292 valence electrons. The summed E-state index contributed by atoms with van der Waals surface area (Å²) in [5.41, 5.74) is 18.3. The molecular weight excluding hydrogens is 753 g/mol. The highest BCUT2D eigenvalue weighted by Crippen LogP contribution is 2.52. The molecule has 0 spiro atoms. The van der Waals surface area contributed by atoms with Crippen LogP contribution < -0.4 is 4.90 Å². The van der Waals surface area contributed by atoms with Gasteiger partial charge in [-0.15, -0.1) is 0 Å². The molecule has 1 atom stereocenters. The molecule has 4 heteroatoms. The largest absolute Gasteiger partial charge is 0.313 e. The number of benzene rings is 8. The Balaban J connectivity index is 0.884. The first-order chi connectivity index (χ1) is 30.7. The van der Waals surface area contributed by atoms with Crippen molar-refractivity contribution in [3.05, 3.63) is 236 Å². The zero-order valence-corrected chi connectivity index (χ0v) is 33.9. The summed E-state index contributed by atoms with van der Waals surface area (Å²) in [6, 6.07) is 73.8. The number of allylic oxidation sites excluding steroid dienone is 4. The van der Waals surface area contributed by atoms with E-state index in [0.29, 0.717) is 5.82 Å². The van der Waals surface area contributed by atoms with Crippen molar-refractivity contribution in [2.75, 3.05) is 4.90 Å². The lowest BCUT2D eigenvalue weighted by Crippen LogP contribution is -2.14. The molecule has 4 nitrogen and oxygen atoms in total. The summed E-state index contributed by atoms with van der Waals surface area (Å²) in [4.78, 5) is 12.7. The van der Waals surface area contributed by atoms with Crippen molar-refractivity contribution < 1.29 is 0 Å². The van der Waals surface area contributed by atoms with Crippen LogP contribution in [0.5, 0.6) is 0 Å². The van der Waals surface area contributed by atoms with Crippen molar-refractivity contribution in [1.82, 2.24) is 14.5 Å². The van der Waals surface area contributed by atoms with Gasteiger partial charge in [0.05, 0.1) is 22.4 Å². The van der Waals surface area contributed by atoms with Gasteiger partial charge in [-0.2, -0.15) is 0 Å². The second-order valence-corrected chi connectivity index (χ2v) is 16.2. The molecule has 62 heavy (non-hydrogen) atoms. The molecule has 0 N–H and O–H groups in total. The fourth-order valence-corrected chi connectivity index (χ4v) is 9.52. The van der Waals surface area contributed by atoms with Crippen LogP contribution in [0.4, 0.5) is 11.4 Å². The van der Waals surface area contributed by atoms with E-state index < -0.39 is 0 Å². The molecule has 12 rings (SSSR count). The first kappa shape index (κ1) is 35.8. The first-order valence-electron chi connectivity index (χ1n) is 21.3. The van der Waals surface area contributed by atoms with Crippen molar-refractivity contribution in [3.63, 3.8) is 0 Å². The van der Waals surface area contributed by atoms with Gasteiger partial charge < -0.3 is 9.47 Å². The Bertz CT molecular complexity index is 3310. The van der Waals surface area contributed by atoms with Crippen LogP contribution in [-0.4, -0.2) is 14.5 Å². The minimum Gasteiger partial charge on any atom is -0.313 e. The summed E-state index contributed by atoms with van der Waals surface area (Å²) in [5, 5.41) is 2.52. The second-order valence-electron chi connectivity index (χ2n) is 16.2. The molecule has 1 aliphatic heterocycles. The normalized spacial score (nSPS) is 14.2. The van der Waals surface area contributed by atoms with Gasteiger partial charge in [0.1, 0.15) is 0 Å². The molecule has 8 aromatic carbocycles. The van der Waals surface area contributed by atoms with E-state index in [0.717, 1.165) is 40.1 Å². The molecule has 1 unspecified atom stereocenters. The Labute approximate surface area is 361 Å². The Morgan fingerprint density at radius 1 is 0.419 bits per heavy atom. The SMILES string of the molecule is C1=CCC2C(=C1)N(c1ccc(-c3ccc4c(c3)c3ccccc3n4-c3ccccc3)cc1)c1ccc(-c3cccc(-c4nc(-c5ccccc5)cc(-c5ccccc5)n4)c3)cc12. The zero-order valence-electron chi connectivity index (χ0n) is 33.9. The smallest absolute Gasteiger partial charge is 0.160 e. The number of aromatic nitrogens is 3. The van der Waals surface area contributed by atoms with Crippen LogP contribution in [0.25, 0.3) is 83.6 Å². The highest BCUT2D eigenvalue weighted by atomic mass is 15.2. The molecule has 1 aliphatic carbocycles. The minimum absolute atomic E-state index is 0.279. The number of fused-ring (bicyclic) bond motifs is 6. The average Bonchev–Trinajstić information content (AvgIpc) is 3.87. The van der Waals surface area contributed by atoms with Gasteiger partial charge in [-0.1, -0.05) is 152 Å². The summed E-state index contributed by atoms with van der Waals surface area (Å²) < 4.78 is 2.37. The maximum absolute atomic E-state index is 5.12.